The van der Waals surface area contributed by atoms with Gasteiger partial charge in [0, 0.05) is 25.7 Å². The number of phosphoric acid groups is 2. The summed E-state index contributed by atoms with van der Waals surface area (Å²) in [5, 5.41) is 10.6. The average molecular weight is 1380 g/mol. The number of aliphatic hydroxyl groups excluding tert-OH is 1. The normalized spacial score (nSPS) is 14.7. The Morgan fingerprint density at radius 2 is 0.511 bits per heavy atom. The molecule has 7 atom stereocenters. The van der Waals surface area contributed by atoms with Crippen LogP contribution >= 0.6 is 15.6 Å². The lowest BCUT2D eigenvalue weighted by Gasteiger charge is -2.21. The van der Waals surface area contributed by atoms with Gasteiger partial charge in [-0.2, -0.15) is 0 Å². The minimum Gasteiger partial charge on any atom is -0.462 e. The first kappa shape index (κ1) is 92.1. The zero-order chi connectivity index (χ0) is 69.6. The molecule has 19 heteroatoms. The summed E-state index contributed by atoms with van der Waals surface area (Å²) in [5.74, 6) is 0.957. The van der Waals surface area contributed by atoms with E-state index in [1.165, 1.54) is 173 Å². The number of carbonyl (C=O) groups excluding carboxylic acids is 4. The predicted molar refractivity (Wildman–Crippen MR) is 381 cm³/mol. The van der Waals surface area contributed by atoms with Gasteiger partial charge in [0.1, 0.15) is 19.3 Å². The molecule has 0 rings (SSSR count). The molecule has 0 aromatic rings. The third kappa shape index (κ3) is 66.0. The Labute approximate surface area is 575 Å². The Bertz CT molecular complexity index is 1850. The lowest BCUT2D eigenvalue weighted by atomic mass is 9.99. The molecule has 0 aliphatic rings. The summed E-state index contributed by atoms with van der Waals surface area (Å²) in [7, 11) is -9.91. The Morgan fingerprint density at radius 1 is 0.298 bits per heavy atom. The SMILES string of the molecule is CCC(C)CCCCCCCCCCC(=O)OC[C@H](COP(=O)(O)OC[C@@H](O)COP(=O)(O)OC[C@@H](COC(=O)CCCCCCCCC(C)CC)OC(=O)CCCCCCCCCCCCCCC(C)C)OC(=O)CCCCCCCCCCCCCCCCC(C)C. The van der Waals surface area contributed by atoms with Crippen molar-refractivity contribution < 1.29 is 80.2 Å². The Kier molecular flexibility index (Phi) is 63.1. The fraction of sp³-hybridized carbons (Fsp3) is 0.947. The molecule has 558 valence electrons. The molecule has 0 amide bonds. The summed E-state index contributed by atoms with van der Waals surface area (Å²) in [6, 6.07) is 0. The van der Waals surface area contributed by atoms with Gasteiger partial charge in [-0.1, -0.05) is 325 Å². The van der Waals surface area contributed by atoms with Crippen LogP contribution in [0.1, 0.15) is 376 Å². The minimum atomic E-state index is -4.96. The quantitative estimate of drug-likeness (QED) is 0.0222. The van der Waals surface area contributed by atoms with Crippen LogP contribution in [0, 0.1) is 23.7 Å². The van der Waals surface area contributed by atoms with Crippen molar-refractivity contribution in [2.75, 3.05) is 39.6 Å². The second-order valence-electron chi connectivity index (χ2n) is 28.5. The number of esters is 4. The van der Waals surface area contributed by atoms with Crippen LogP contribution in [0.5, 0.6) is 0 Å². The fourth-order valence-corrected chi connectivity index (χ4v) is 12.9. The van der Waals surface area contributed by atoms with Crippen LogP contribution in [-0.4, -0.2) is 96.7 Å². The maximum Gasteiger partial charge on any atom is 0.472 e. The third-order valence-corrected chi connectivity index (χ3v) is 19.9. The van der Waals surface area contributed by atoms with E-state index in [0.29, 0.717) is 25.7 Å². The molecule has 17 nitrogen and oxygen atoms in total. The summed E-state index contributed by atoms with van der Waals surface area (Å²) in [6.45, 7) is 14.2. The fourth-order valence-electron chi connectivity index (χ4n) is 11.3. The van der Waals surface area contributed by atoms with Gasteiger partial charge in [-0.3, -0.25) is 37.3 Å². The third-order valence-electron chi connectivity index (χ3n) is 18.0. The molecular weight excluding hydrogens is 1230 g/mol. The second-order valence-corrected chi connectivity index (χ2v) is 31.4. The Balaban J connectivity index is 5.26. The van der Waals surface area contributed by atoms with E-state index >= 15 is 0 Å². The molecule has 0 saturated carbocycles. The molecule has 0 aliphatic carbocycles. The van der Waals surface area contributed by atoms with E-state index in [2.05, 4.69) is 55.4 Å². The first-order valence-electron chi connectivity index (χ1n) is 38.8. The highest BCUT2D eigenvalue weighted by molar-refractivity contribution is 7.47. The van der Waals surface area contributed by atoms with Gasteiger partial charge in [-0.05, 0) is 49.4 Å². The van der Waals surface area contributed by atoms with Gasteiger partial charge in [0.25, 0.3) is 0 Å². The van der Waals surface area contributed by atoms with E-state index in [1.54, 1.807) is 0 Å². The summed E-state index contributed by atoms with van der Waals surface area (Å²) in [6.07, 6.45) is 48.5. The highest BCUT2D eigenvalue weighted by atomic mass is 31.2. The molecule has 0 aromatic heterocycles. The van der Waals surface area contributed by atoms with Gasteiger partial charge in [0.05, 0.1) is 26.4 Å². The van der Waals surface area contributed by atoms with Crippen LogP contribution in [0.3, 0.4) is 0 Å². The maximum atomic E-state index is 13.1. The Hall–Kier alpha value is -1.94. The number of rotatable bonds is 72. The highest BCUT2D eigenvalue weighted by Gasteiger charge is 2.30. The van der Waals surface area contributed by atoms with E-state index in [0.717, 1.165) is 120 Å². The van der Waals surface area contributed by atoms with Crippen molar-refractivity contribution in [3.63, 3.8) is 0 Å². The molecule has 4 unspecified atom stereocenters. The zero-order valence-electron chi connectivity index (χ0n) is 61.6. The minimum absolute atomic E-state index is 0.105. The number of hydrogen-bond acceptors (Lipinski definition) is 15. The number of hydrogen-bond donors (Lipinski definition) is 3. The van der Waals surface area contributed by atoms with Crippen molar-refractivity contribution in [2.45, 2.75) is 395 Å². The molecule has 0 aromatic carbocycles. The van der Waals surface area contributed by atoms with E-state index in [-0.39, 0.29) is 25.7 Å². The van der Waals surface area contributed by atoms with Crippen molar-refractivity contribution >= 4 is 39.5 Å². The summed E-state index contributed by atoms with van der Waals surface area (Å²) in [4.78, 5) is 72.8. The molecule has 0 spiro atoms. The molecular formula is C75H146O17P2. The van der Waals surface area contributed by atoms with Crippen LogP contribution < -0.4 is 0 Å². The largest absolute Gasteiger partial charge is 0.472 e. The number of aliphatic hydroxyl groups is 1. The van der Waals surface area contributed by atoms with Gasteiger partial charge in [-0.15, -0.1) is 0 Å². The van der Waals surface area contributed by atoms with Crippen LogP contribution in [-0.2, 0) is 65.4 Å². The van der Waals surface area contributed by atoms with Gasteiger partial charge in [0.2, 0.25) is 0 Å². The standard InChI is InChI=1S/C75H146O17P2/c1-9-67(7)53-45-37-29-25-26-30-39-47-55-72(77)85-61-70(91-74(79)57-49-41-31-23-19-14-12-11-13-17-21-27-35-43-51-65(3)4)63-89-93(81,82)87-59-69(76)60-88-94(83,84)90-64-71(62-86-73(78)56-48-40-34-33-38-46-54-68(8)10-2)92-75(80)58-50-42-32-24-20-16-15-18-22-28-36-44-52-66(5)6/h65-71,76H,9-64H2,1-8H3,(H,81,82)(H,83,84)/t67?,68?,69-,70-,71-/m1/s1. The first-order chi connectivity index (χ1) is 45.2. The lowest BCUT2D eigenvalue weighted by Crippen LogP contribution is -2.30. The first-order valence-corrected chi connectivity index (χ1v) is 41.8. The monoisotopic (exact) mass is 1380 g/mol. The van der Waals surface area contributed by atoms with Crippen molar-refractivity contribution in [3.05, 3.63) is 0 Å². The molecule has 0 radical (unpaired) electrons. The van der Waals surface area contributed by atoms with Crippen molar-refractivity contribution in [1.82, 2.24) is 0 Å². The molecule has 0 saturated heterocycles. The van der Waals surface area contributed by atoms with Crippen molar-refractivity contribution in [1.29, 1.82) is 0 Å². The van der Waals surface area contributed by atoms with Gasteiger partial charge in [0.15, 0.2) is 12.2 Å². The Morgan fingerprint density at radius 3 is 0.755 bits per heavy atom. The van der Waals surface area contributed by atoms with Crippen LogP contribution in [0.2, 0.25) is 0 Å². The number of ether oxygens (including phenoxy) is 4. The number of phosphoric ester groups is 2. The number of unbranched alkanes of at least 4 members (excludes halogenated alkanes) is 36. The summed E-state index contributed by atoms with van der Waals surface area (Å²) < 4.78 is 68.5. The smallest absolute Gasteiger partial charge is 0.462 e. The molecule has 0 heterocycles. The van der Waals surface area contributed by atoms with E-state index in [9.17, 15) is 43.2 Å². The van der Waals surface area contributed by atoms with E-state index < -0.39 is 97.5 Å². The van der Waals surface area contributed by atoms with Gasteiger partial charge >= 0.3 is 39.5 Å². The van der Waals surface area contributed by atoms with Crippen LogP contribution in [0.25, 0.3) is 0 Å². The maximum absolute atomic E-state index is 13.1. The van der Waals surface area contributed by atoms with Crippen LogP contribution in [0.4, 0.5) is 0 Å². The van der Waals surface area contributed by atoms with Gasteiger partial charge in [-0.25, -0.2) is 9.13 Å². The molecule has 0 fully saturated rings. The van der Waals surface area contributed by atoms with Crippen LogP contribution in [0.15, 0.2) is 0 Å². The van der Waals surface area contributed by atoms with E-state index in [1.807, 2.05) is 0 Å². The summed E-state index contributed by atoms with van der Waals surface area (Å²) in [5.41, 5.74) is 0. The lowest BCUT2D eigenvalue weighted by molar-refractivity contribution is -0.161. The molecule has 0 aliphatic heterocycles. The van der Waals surface area contributed by atoms with Gasteiger partial charge < -0.3 is 33.8 Å². The molecule has 0 bridgehead atoms. The topological polar surface area (TPSA) is 237 Å². The van der Waals surface area contributed by atoms with Crippen molar-refractivity contribution in [2.24, 2.45) is 23.7 Å². The number of carbonyl (C=O) groups is 4. The highest BCUT2D eigenvalue weighted by Crippen LogP contribution is 2.45. The molecule has 94 heavy (non-hydrogen) atoms. The predicted octanol–water partition coefficient (Wildman–Crippen LogP) is 21.7. The average Bonchev–Trinajstić information content (AvgIpc) is 3.08. The van der Waals surface area contributed by atoms with Crippen molar-refractivity contribution in [3.8, 4) is 0 Å². The van der Waals surface area contributed by atoms with E-state index in [4.69, 9.17) is 37.0 Å². The zero-order valence-corrected chi connectivity index (χ0v) is 63.4. The molecule has 3 N–H and O–H groups in total. The summed E-state index contributed by atoms with van der Waals surface area (Å²) >= 11 is 0. The second kappa shape index (κ2) is 64.4.